The average Bonchev–Trinajstić information content (AvgIpc) is 2.56. The molecule has 2 aromatic rings. The second-order valence-electron chi connectivity index (χ2n) is 4.67. The van der Waals surface area contributed by atoms with Crippen molar-refractivity contribution in [3.63, 3.8) is 0 Å². The first kappa shape index (κ1) is 13.2. The van der Waals surface area contributed by atoms with Crippen LogP contribution in [0.4, 0.5) is 0 Å². The van der Waals surface area contributed by atoms with Crippen LogP contribution in [-0.4, -0.2) is 17.4 Å². The number of nitrogens with zero attached hydrogens (tertiary/aromatic N) is 1. The predicted octanol–water partition coefficient (Wildman–Crippen LogP) is 3.62. The SMILES string of the molecule is O=C(c1ccccc1)N1C=C(Oc2ccccc2)C=CC1. The Hall–Kier alpha value is -2.81. The largest absolute Gasteiger partial charge is 0.456 e. The van der Waals surface area contributed by atoms with Crippen molar-refractivity contribution in [2.75, 3.05) is 6.54 Å². The van der Waals surface area contributed by atoms with Crippen molar-refractivity contribution in [1.29, 1.82) is 0 Å². The lowest BCUT2D eigenvalue weighted by atomic mass is 10.2. The monoisotopic (exact) mass is 277 g/mol. The minimum Gasteiger partial charge on any atom is -0.456 e. The second-order valence-corrected chi connectivity index (χ2v) is 4.67. The van der Waals surface area contributed by atoms with E-state index in [4.69, 9.17) is 4.74 Å². The number of hydrogen-bond acceptors (Lipinski definition) is 2. The van der Waals surface area contributed by atoms with Crippen LogP contribution in [-0.2, 0) is 0 Å². The van der Waals surface area contributed by atoms with E-state index in [0.29, 0.717) is 17.9 Å². The third kappa shape index (κ3) is 3.20. The van der Waals surface area contributed by atoms with Gasteiger partial charge < -0.3 is 9.64 Å². The predicted molar refractivity (Wildman–Crippen MR) is 81.8 cm³/mol. The Morgan fingerprint density at radius 3 is 2.33 bits per heavy atom. The van der Waals surface area contributed by atoms with E-state index in [-0.39, 0.29) is 5.91 Å². The number of carbonyl (C=O) groups is 1. The summed E-state index contributed by atoms with van der Waals surface area (Å²) in [7, 11) is 0. The molecule has 1 heterocycles. The van der Waals surface area contributed by atoms with Crippen LogP contribution in [0.5, 0.6) is 5.75 Å². The van der Waals surface area contributed by atoms with E-state index < -0.39 is 0 Å². The highest BCUT2D eigenvalue weighted by Crippen LogP contribution is 2.17. The number of benzene rings is 2. The molecule has 1 aliphatic heterocycles. The van der Waals surface area contributed by atoms with Crippen molar-refractivity contribution in [2.24, 2.45) is 0 Å². The van der Waals surface area contributed by atoms with Gasteiger partial charge in [-0.15, -0.1) is 0 Å². The maximum atomic E-state index is 12.4. The van der Waals surface area contributed by atoms with E-state index in [1.165, 1.54) is 0 Å². The molecule has 104 valence electrons. The quantitative estimate of drug-likeness (QED) is 0.857. The highest BCUT2D eigenvalue weighted by atomic mass is 16.5. The summed E-state index contributed by atoms with van der Waals surface area (Å²) in [5, 5.41) is 0. The van der Waals surface area contributed by atoms with Gasteiger partial charge in [-0.25, -0.2) is 0 Å². The highest BCUT2D eigenvalue weighted by molar-refractivity contribution is 5.95. The third-order valence-electron chi connectivity index (χ3n) is 3.13. The van der Waals surface area contributed by atoms with Gasteiger partial charge in [0.2, 0.25) is 0 Å². The topological polar surface area (TPSA) is 29.5 Å². The van der Waals surface area contributed by atoms with Gasteiger partial charge in [-0.05, 0) is 30.3 Å². The zero-order valence-corrected chi connectivity index (χ0v) is 11.5. The molecule has 0 N–H and O–H groups in total. The van der Waals surface area contributed by atoms with Gasteiger partial charge >= 0.3 is 0 Å². The molecule has 0 bridgehead atoms. The lowest BCUT2D eigenvalue weighted by molar-refractivity contribution is 0.0829. The summed E-state index contributed by atoms with van der Waals surface area (Å²) in [6.07, 6.45) is 5.53. The number of para-hydroxylation sites is 1. The fourth-order valence-electron chi connectivity index (χ4n) is 2.10. The molecule has 0 saturated heterocycles. The molecule has 0 aromatic heterocycles. The van der Waals surface area contributed by atoms with Crippen molar-refractivity contribution in [2.45, 2.75) is 0 Å². The molecule has 0 atom stereocenters. The second kappa shape index (κ2) is 6.09. The summed E-state index contributed by atoms with van der Waals surface area (Å²) in [5.74, 6) is 1.37. The molecule has 0 radical (unpaired) electrons. The van der Waals surface area contributed by atoms with Gasteiger partial charge in [0.25, 0.3) is 5.91 Å². The van der Waals surface area contributed by atoms with Crippen LogP contribution in [0.15, 0.2) is 84.8 Å². The third-order valence-corrected chi connectivity index (χ3v) is 3.13. The molecular weight excluding hydrogens is 262 g/mol. The van der Waals surface area contributed by atoms with Crippen molar-refractivity contribution in [1.82, 2.24) is 4.90 Å². The number of amides is 1. The van der Waals surface area contributed by atoms with Gasteiger partial charge in [0.05, 0.1) is 6.20 Å². The standard InChI is InChI=1S/C18H15NO2/c20-18(15-8-3-1-4-9-15)19-13-7-12-17(14-19)21-16-10-5-2-6-11-16/h1-12,14H,13H2. The van der Waals surface area contributed by atoms with Gasteiger partial charge in [0, 0.05) is 12.1 Å². The average molecular weight is 277 g/mol. The zero-order valence-electron chi connectivity index (χ0n) is 11.5. The van der Waals surface area contributed by atoms with E-state index >= 15 is 0 Å². The fourth-order valence-corrected chi connectivity index (χ4v) is 2.10. The van der Waals surface area contributed by atoms with Crippen molar-refractivity contribution < 1.29 is 9.53 Å². The van der Waals surface area contributed by atoms with Crippen molar-refractivity contribution in [3.8, 4) is 5.75 Å². The van der Waals surface area contributed by atoms with E-state index in [1.807, 2.05) is 72.8 Å². The van der Waals surface area contributed by atoms with Crippen LogP contribution in [0.3, 0.4) is 0 Å². The lowest BCUT2D eigenvalue weighted by Crippen LogP contribution is -2.28. The van der Waals surface area contributed by atoms with E-state index in [9.17, 15) is 4.79 Å². The molecule has 2 aromatic carbocycles. The van der Waals surface area contributed by atoms with Crippen LogP contribution in [0.2, 0.25) is 0 Å². The van der Waals surface area contributed by atoms with Crippen LogP contribution < -0.4 is 4.74 Å². The van der Waals surface area contributed by atoms with Crippen LogP contribution in [0.1, 0.15) is 10.4 Å². The van der Waals surface area contributed by atoms with Crippen LogP contribution in [0.25, 0.3) is 0 Å². The number of hydrogen-bond donors (Lipinski definition) is 0. The Labute approximate surface area is 123 Å². The molecule has 1 amide bonds. The summed E-state index contributed by atoms with van der Waals surface area (Å²) in [4.78, 5) is 14.0. The molecule has 3 heteroatoms. The fraction of sp³-hybridized carbons (Fsp3) is 0.0556. The Morgan fingerprint density at radius 1 is 0.952 bits per heavy atom. The summed E-state index contributed by atoms with van der Waals surface area (Å²) in [6.45, 7) is 0.551. The van der Waals surface area contributed by atoms with Crippen molar-refractivity contribution >= 4 is 5.91 Å². The number of carbonyl (C=O) groups excluding carboxylic acids is 1. The Kier molecular flexibility index (Phi) is 3.83. The maximum absolute atomic E-state index is 12.4. The van der Waals surface area contributed by atoms with E-state index in [1.54, 1.807) is 11.1 Å². The van der Waals surface area contributed by atoms with E-state index in [2.05, 4.69) is 0 Å². The molecule has 0 spiro atoms. The first-order valence-corrected chi connectivity index (χ1v) is 6.80. The molecule has 3 nitrogen and oxygen atoms in total. The van der Waals surface area contributed by atoms with Crippen LogP contribution in [0, 0.1) is 0 Å². The molecule has 1 aliphatic rings. The molecular formula is C18H15NO2. The van der Waals surface area contributed by atoms with Gasteiger partial charge in [0.15, 0.2) is 0 Å². The highest BCUT2D eigenvalue weighted by Gasteiger charge is 2.16. The number of rotatable bonds is 3. The summed E-state index contributed by atoms with van der Waals surface area (Å²) >= 11 is 0. The van der Waals surface area contributed by atoms with Crippen molar-refractivity contribution in [3.05, 3.63) is 90.3 Å². The lowest BCUT2D eigenvalue weighted by Gasteiger charge is -2.21. The Morgan fingerprint density at radius 2 is 1.62 bits per heavy atom. The smallest absolute Gasteiger partial charge is 0.258 e. The molecule has 3 rings (SSSR count). The van der Waals surface area contributed by atoms with Gasteiger partial charge in [0.1, 0.15) is 11.5 Å². The zero-order chi connectivity index (χ0) is 14.5. The molecule has 21 heavy (non-hydrogen) atoms. The Balaban J connectivity index is 1.76. The number of ether oxygens (including phenoxy) is 1. The summed E-state index contributed by atoms with van der Waals surface area (Å²) < 4.78 is 5.75. The van der Waals surface area contributed by atoms with E-state index in [0.717, 1.165) is 5.75 Å². The first-order chi connectivity index (χ1) is 10.3. The minimum absolute atomic E-state index is 0.0332. The normalized spacial score (nSPS) is 13.7. The van der Waals surface area contributed by atoms with Gasteiger partial charge in [-0.1, -0.05) is 42.5 Å². The first-order valence-electron chi connectivity index (χ1n) is 6.80. The summed E-state index contributed by atoms with van der Waals surface area (Å²) in [6, 6.07) is 18.8. The van der Waals surface area contributed by atoms with Gasteiger partial charge in [-0.2, -0.15) is 0 Å². The maximum Gasteiger partial charge on any atom is 0.258 e. The molecule has 0 saturated carbocycles. The van der Waals surface area contributed by atoms with Gasteiger partial charge in [-0.3, -0.25) is 4.79 Å². The Bertz CT molecular complexity index is 675. The molecule has 0 aliphatic carbocycles. The number of allylic oxidation sites excluding steroid dienone is 1. The molecule has 0 fully saturated rings. The molecule has 0 unspecified atom stereocenters. The van der Waals surface area contributed by atoms with Crippen LogP contribution >= 0.6 is 0 Å². The summed E-state index contributed by atoms with van der Waals surface area (Å²) in [5.41, 5.74) is 0.670. The minimum atomic E-state index is -0.0332.